The van der Waals surface area contributed by atoms with Crippen molar-refractivity contribution in [3.8, 4) is 5.75 Å². The second kappa shape index (κ2) is 10.8. The van der Waals surface area contributed by atoms with Crippen LogP contribution in [0, 0.1) is 5.92 Å². The first-order chi connectivity index (χ1) is 15.5. The average Bonchev–Trinajstić information content (AvgIpc) is 2.83. The quantitative estimate of drug-likeness (QED) is 0.625. The van der Waals surface area contributed by atoms with Gasteiger partial charge in [-0.3, -0.25) is 9.59 Å². The zero-order valence-corrected chi connectivity index (χ0v) is 18.8. The van der Waals surface area contributed by atoms with Crippen molar-refractivity contribution in [2.45, 2.75) is 38.6 Å². The minimum absolute atomic E-state index is 0.0748. The summed E-state index contributed by atoms with van der Waals surface area (Å²) in [5.74, 6) is -0.169. The van der Waals surface area contributed by atoms with E-state index in [1.54, 1.807) is 31.4 Å². The topological polar surface area (TPSA) is 84.9 Å². The number of esters is 1. The largest absolute Gasteiger partial charge is 0.497 e. The van der Waals surface area contributed by atoms with E-state index >= 15 is 0 Å². The van der Waals surface area contributed by atoms with Gasteiger partial charge in [-0.25, -0.2) is 4.79 Å². The number of benzene rings is 2. The van der Waals surface area contributed by atoms with E-state index < -0.39 is 11.9 Å². The van der Waals surface area contributed by atoms with E-state index in [1.807, 2.05) is 29.2 Å². The first kappa shape index (κ1) is 23.3. The lowest BCUT2D eigenvalue weighted by Gasteiger charge is -2.41. The molecular weight excluding hydrogens is 408 g/mol. The second-order valence-corrected chi connectivity index (χ2v) is 7.86. The number of methoxy groups -OCH3 is 2. The Labute approximate surface area is 188 Å². The molecule has 7 heteroatoms. The van der Waals surface area contributed by atoms with Gasteiger partial charge in [0.25, 0.3) is 0 Å². The van der Waals surface area contributed by atoms with Gasteiger partial charge in [-0.05, 0) is 54.8 Å². The van der Waals surface area contributed by atoms with Gasteiger partial charge in [0.1, 0.15) is 5.75 Å². The third kappa shape index (κ3) is 5.28. The number of unbranched alkanes of at least 4 members (excludes halogenated alkanes) is 1. The molecule has 0 unspecified atom stereocenters. The molecule has 1 aliphatic heterocycles. The summed E-state index contributed by atoms with van der Waals surface area (Å²) >= 11 is 0. The van der Waals surface area contributed by atoms with Gasteiger partial charge >= 0.3 is 5.97 Å². The van der Waals surface area contributed by atoms with Crippen molar-refractivity contribution in [1.82, 2.24) is 4.90 Å². The lowest BCUT2D eigenvalue weighted by molar-refractivity contribution is -0.142. The van der Waals surface area contributed by atoms with Crippen LogP contribution in [0.15, 0.2) is 48.5 Å². The van der Waals surface area contributed by atoms with Gasteiger partial charge in [0.2, 0.25) is 11.8 Å². The standard InChI is InChI=1S/C25H30N2O5/c1-4-5-16-27-22(28)15-14-21(23(27)17-8-12-20(31-2)13-9-17)24(29)26-19-10-6-18(7-11-19)25(30)32-3/h6-13,21,23H,4-5,14-16H2,1-3H3,(H,26,29)/t21-,23-/m0/s1. The van der Waals surface area contributed by atoms with Gasteiger partial charge < -0.3 is 19.7 Å². The monoisotopic (exact) mass is 438 g/mol. The Morgan fingerprint density at radius 1 is 1.06 bits per heavy atom. The Balaban J connectivity index is 1.86. The first-order valence-corrected chi connectivity index (χ1v) is 10.9. The highest BCUT2D eigenvalue weighted by Gasteiger charge is 2.40. The van der Waals surface area contributed by atoms with Crippen LogP contribution in [0.5, 0.6) is 5.75 Å². The summed E-state index contributed by atoms with van der Waals surface area (Å²) in [5.41, 5.74) is 1.92. The Hall–Kier alpha value is -3.35. The van der Waals surface area contributed by atoms with Crippen molar-refractivity contribution in [2.75, 3.05) is 26.1 Å². The molecule has 2 aromatic carbocycles. The molecule has 3 rings (SSSR count). The Bertz CT molecular complexity index is 940. The van der Waals surface area contributed by atoms with Gasteiger partial charge in [0.15, 0.2) is 0 Å². The molecule has 32 heavy (non-hydrogen) atoms. The van der Waals surface area contributed by atoms with E-state index in [-0.39, 0.29) is 17.9 Å². The number of amides is 2. The number of piperidine rings is 1. The summed E-state index contributed by atoms with van der Waals surface area (Å²) in [6, 6.07) is 13.8. The molecule has 0 aromatic heterocycles. The predicted octanol–water partition coefficient (Wildman–Crippen LogP) is 4.20. The Morgan fingerprint density at radius 2 is 1.75 bits per heavy atom. The Morgan fingerprint density at radius 3 is 2.34 bits per heavy atom. The predicted molar refractivity (Wildman–Crippen MR) is 121 cm³/mol. The van der Waals surface area contributed by atoms with Crippen LogP contribution < -0.4 is 10.1 Å². The number of carbonyl (C=O) groups excluding carboxylic acids is 3. The normalized spacial score (nSPS) is 18.2. The van der Waals surface area contributed by atoms with Crippen LogP contribution in [0.1, 0.15) is 54.6 Å². The number of carbonyl (C=O) groups is 3. The van der Waals surface area contributed by atoms with Crippen LogP contribution in [0.25, 0.3) is 0 Å². The molecule has 0 saturated carbocycles. The van der Waals surface area contributed by atoms with Gasteiger partial charge in [-0.2, -0.15) is 0 Å². The minimum atomic E-state index is -0.431. The molecule has 0 aliphatic carbocycles. The maximum absolute atomic E-state index is 13.3. The van der Waals surface area contributed by atoms with E-state index in [1.165, 1.54) is 7.11 Å². The highest BCUT2D eigenvalue weighted by molar-refractivity contribution is 5.95. The Kier molecular flexibility index (Phi) is 7.87. The number of hydrogen-bond donors (Lipinski definition) is 1. The fourth-order valence-corrected chi connectivity index (χ4v) is 4.08. The first-order valence-electron chi connectivity index (χ1n) is 10.9. The molecule has 170 valence electrons. The molecule has 1 heterocycles. The summed E-state index contributed by atoms with van der Waals surface area (Å²) in [7, 11) is 2.93. The van der Waals surface area contributed by atoms with Crippen molar-refractivity contribution >= 4 is 23.5 Å². The minimum Gasteiger partial charge on any atom is -0.497 e. The molecule has 0 spiro atoms. The molecule has 2 atom stereocenters. The molecule has 1 saturated heterocycles. The third-order valence-corrected chi connectivity index (χ3v) is 5.83. The lowest BCUT2D eigenvalue weighted by atomic mass is 9.83. The van der Waals surface area contributed by atoms with Crippen LogP contribution in [-0.4, -0.2) is 43.4 Å². The lowest BCUT2D eigenvalue weighted by Crippen LogP contribution is -2.47. The van der Waals surface area contributed by atoms with Gasteiger partial charge in [-0.15, -0.1) is 0 Å². The zero-order chi connectivity index (χ0) is 23.1. The molecule has 0 radical (unpaired) electrons. The molecule has 2 amide bonds. The molecule has 0 bridgehead atoms. The average molecular weight is 439 g/mol. The van der Waals surface area contributed by atoms with E-state index in [2.05, 4.69) is 12.2 Å². The maximum atomic E-state index is 13.3. The number of likely N-dealkylation sites (tertiary alicyclic amines) is 1. The second-order valence-electron chi connectivity index (χ2n) is 7.86. The number of rotatable bonds is 8. The molecule has 1 N–H and O–H groups in total. The van der Waals surface area contributed by atoms with Crippen molar-refractivity contribution < 1.29 is 23.9 Å². The van der Waals surface area contributed by atoms with Crippen molar-refractivity contribution in [1.29, 1.82) is 0 Å². The summed E-state index contributed by atoms with van der Waals surface area (Å²) < 4.78 is 9.98. The van der Waals surface area contributed by atoms with Crippen molar-refractivity contribution in [3.05, 3.63) is 59.7 Å². The highest BCUT2D eigenvalue weighted by atomic mass is 16.5. The molecule has 2 aromatic rings. The summed E-state index contributed by atoms with van der Waals surface area (Å²) in [6.45, 7) is 2.70. The van der Waals surface area contributed by atoms with Crippen LogP contribution in [0.3, 0.4) is 0 Å². The fraction of sp³-hybridized carbons (Fsp3) is 0.400. The third-order valence-electron chi connectivity index (χ3n) is 5.83. The van der Waals surface area contributed by atoms with Crippen LogP contribution in [0.4, 0.5) is 5.69 Å². The SMILES string of the molecule is CCCCN1C(=O)CC[C@H](C(=O)Nc2ccc(C(=O)OC)cc2)[C@@H]1c1ccc(OC)cc1. The van der Waals surface area contributed by atoms with Crippen molar-refractivity contribution in [3.63, 3.8) is 0 Å². The van der Waals surface area contributed by atoms with Crippen LogP contribution >= 0.6 is 0 Å². The zero-order valence-electron chi connectivity index (χ0n) is 18.8. The van der Waals surface area contributed by atoms with Gasteiger partial charge in [0.05, 0.1) is 31.7 Å². The number of nitrogens with one attached hydrogen (secondary N) is 1. The van der Waals surface area contributed by atoms with E-state index in [9.17, 15) is 14.4 Å². The fourth-order valence-electron chi connectivity index (χ4n) is 4.08. The number of nitrogens with zero attached hydrogens (tertiary/aromatic N) is 1. The van der Waals surface area contributed by atoms with Crippen LogP contribution in [-0.2, 0) is 14.3 Å². The number of hydrogen-bond acceptors (Lipinski definition) is 5. The molecule has 1 aliphatic rings. The summed E-state index contributed by atoms with van der Waals surface area (Å²) in [5, 5.41) is 2.96. The number of ether oxygens (including phenoxy) is 2. The van der Waals surface area contributed by atoms with Crippen molar-refractivity contribution in [2.24, 2.45) is 5.92 Å². The highest BCUT2D eigenvalue weighted by Crippen LogP contribution is 2.38. The van der Waals surface area contributed by atoms with Crippen LogP contribution in [0.2, 0.25) is 0 Å². The molecule has 7 nitrogen and oxygen atoms in total. The van der Waals surface area contributed by atoms with E-state index in [0.29, 0.717) is 30.6 Å². The van der Waals surface area contributed by atoms with E-state index in [4.69, 9.17) is 9.47 Å². The summed E-state index contributed by atoms with van der Waals surface area (Å²) in [4.78, 5) is 39.6. The smallest absolute Gasteiger partial charge is 0.337 e. The van der Waals surface area contributed by atoms with Gasteiger partial charge in [-0.1, -0.05) is 25.5 Å². The summed E-state index contributed by atoms with van der Waals surface area (Å²) in [6.07, 6.45) is 2.66. The molecular formula is C25H30N2O5. The number of anilines is 1. The molecule has 1 fully saturated rings. The van der Waals surface area contributed by atoms with E-state index in [0.717, 1.165) is 24.2 Å². The maximum Gasteiger partial charge on any atom is 0.337 e. The van der Waals surface area contributed by atoms with Gasteiger partial charge in [0, 0.05) is 18.7 Å².